The lowest BCUT2D eigenvalue weighted by Crippen LogP contribution is -2.28. The van der Waals surface area contributed by atoms with E-state index in [9.17, 15) is 0 Å². The number of thioether (sulfide) groups is 1. The number of imidazole rings is 1. The number of nitrogens with one attached hydrogen (secondary N) is 1. The third-order valence-electron chi connectivity index (χ3n) is 4.64. The zero-order valence-electron chi connectivity index (χ0n) is 12.8. The summed E-state index contributed by atoms with van der Waals surface area (Å²) in [5, 5.41) is 3.70. The van der Waals surface area contributed by atoms with Crippen molar-refractivity contribution in [3.63, 3.8) is 0 Å². The van der Waals surface area contributed by atoms with Crippen LogP contribution in [0.4, 0.5) is 5.95 Å². The molecule has 1 saturated carbocycles. The van der Waals surface area contributed by atoms with Gasteiger partial charge in [-0.3, -0.25) is 0 Å². The topological polar surface area (TPSA) is 29.9 Å². The second kappa shape index (κ2) is 6.00. The molecule has 0 radical (unpaired) electrons. The molecule has 2 heterocycles. The summed E-state index contributed by atoms with van der Waals surface area (Å²) in [6, 6.07) is 0.633. The molecule has 1 aliphatic carbocycles. The van der Waals surface area contributed by atoms with E-state index in [0.29, 0.717) is 10.8 Å². The van der Waals surface area contributed by atoms with Crippen LogP contribution in [0.2, 0.25) is 0 Å². The second-order valence-corrected chi connectivity index (χ2v) is 8.40. The van der Waals surface area contributed by atoms with Crippen molar-refractivity contribution < 1.29 is 0 Å². The fourth-order valence-electron chi connectivity index (χ4n) is 3.53. The van der Waals surface area contributed by atoms with Gasteiger partial charge in [-0.05, 0) is 45.3 Å². The fraction of sp³-hybridized carbons (Fsp3) is 0.812. The van der Waals surface area contributed by atoms with Gasteiger partial charge < -0.3 is 9.88 Å². The van der Waals surface area contributed by atoms with E-state index < -0.39 is 0 Å². The maximum Gasteiger partial charge on any atom is 0.203 e. The van der Waals surface area contributed by atoms with Crippen LogP contribution in [0.15, 0.2) is 6.20 Å². The van der Waals surface area contributed by atoms with Crippen LogP contribution in [0.5, 0.6) is 0 Å². The highest BCUT2D eigenvalue weighted by molar-refractivity contribution is 8.00. The lowest BCUT2D eigenvalue weighted by atomic mass is 9.96. The molecule has 0 aromatic carbocycles. The van der Waals surface area contributed by atoms with Crippen LogP contribution in [-0.4, -0.2) is 26.1 Å². The average molecular weight is 293 g/mol. The fourth-order valence-corrected chi connectivity index (χ4v) is 4.83. The van der Waals surface area contributed by atoms with E-state index in [1.807, 2.05) is 0 Å². The maximum atomic E-state index is 4.72. The third-order valence-corrected chi connectivity index (χ3v) is 6.16. The molecule has 3 rings (SSSR count). The molecule has 1 aromatic rings. The Labute approximate surface area is 126 Å². The Hall–Kier alpha value is -0.640. The van der Waals surface area contributed by atoms with Gasteiger partial charge in [0.05, 0.1) is 5.69 Å². The molecule has 2 fully saturated rings. The summed E-state index contributed by atoms with van der Waals surface area (Å²) in [5.74, 6) is 2.42. The molecule has 4 heteroatoms. The van der Waals surface area contributed by atoms with Gasteiger partial charge in [-0.2, -0.15) is 11.8 Å². The monoisotopic (exact) mass is 293 g/mol. The Bertz CT molecular complexity index is 443. The zero-order chi connectivity index (χ0) is 14.0. The normalized spacial score (nSPS) is 27.9. The van der Waals surface area contributed by atoms with Gasteiger partial charge in [0.2, 0.25) is 5.95 Å². The maximum absolute atomic E-state index is 4.72. The van der Waals surface area contributed by atoms with Gasteiger partial charge in [0, 0.05) is 23.5 Å². The summed E-state index contributed by atoms with van der Waals surface area (Å²) in [5.41, 5.74) is 1.13. The molecular weight excluding hydrogens is 266 g/mol. The van der Waals surface area contributed by atoms with E-state index in [-0.39, 0.29) is 0 Å². The largest absolute Gasteiger partial charge is 0.353 e. The Morgan fingerprint density at radius 1 is 1.35 bits per heavy atom. The minimum Gasteiger partial charge on any atom is -0.353 e. The van der Waals surface area contributed by atoms with E-state index in [2.05, 4.69) is 41.7 Å². The predicted molar refractivity (Wildman–Crippen MR) is 87.6 cm³/mol. The summed E-state index contributed by atoms with van der Waals surface area (Å²) >= 11 is 2.13. The molecule has 1 atom stereocenters. The highest BCUT2D eigenvalue weighted by Crippen LogP contribution is 2.39. The first-order valence-corrected chi connectivity index (χ1v) is 9.07. The number of rotatable bonds is 4. The van der Waals surface area contributed by atoms with Crippen molar-refractivity contribution in [1.82, 2.24) is 9.55 Å². The van der Waals surface area contributed by atoms with E-state index >= 15 is 0 Å². The summed E-state index contributed by atoms with van der Waals surface area (Å²) < 4.78 is 2.76. The van der Waals surface area contributed by atoms with Gasteiger partial charge in [0.15, 0.2) is 0 Å². The molecule has 1 N–H and O–H groups in total. The van der Waals surface area contributed by atoms with Crippen LogP contribution in [-0.2, 0) is 6.54 Å². The van der Waals surface area contributed by atoms with Crippen molar-refractivity contribution in [3.05, 3.63) is 11.9 Å². The van der Waals surface area contributed by atoms with E-state index in [1.54, 1.807) is 0 Å². The Kier molecular flexibility index (Phi) is 4.29. The smallest absolute Gasteiger partial charge is 0.203 e. The number of nitrogens with zero attached hydrogens (tertiary/aromatic N) is 2. The first-order chi connectivity index (χ1) is 9.65. The number of hydrogen-bond donors (Lipinski definition) is 1. The molecule has 1 saturated heterocycles. The van der Waals surface area contributed by atoms with Crippen molar-refractivity contribution >= 4 is 17.7 Å². The molecule has 1 aromatic heterocycles. The summed E-state index contributed by atoms with van der Waals surface area (Å²) in [6.45, 7) is 5.60. The zero-order valence-corrected chi connectivity index (χ0v) is 13.6. The number of aromatic nitrogens is 2. The summed E-state index contributed by atoms with van der Waals surface area (Å²) in [4.78, 5) is 4.72. The van der Waals surface area contributed by atoms with Crippen LogP contribution in [0, 0.1) is 6.92 Å². The van der Waals surface area contributed by atoms with Crippen molar-refractivity contribution in [1.29, 1.82) is 0 Å². The molecule has 3 nitrogen and oxygen atoms in total. The van der Waals surface area contributed by atoms with E-state index in [4.69, 9.17) is 4.98 Å². The Morgan fingerprint density at radius 2 is 2.15 bits per heavy atom. The van der Waals surface area contributed by atoms with Crippen molar-refractivity contribution in [2.75, 3.05) is 11.1 Å². The van der Waals surface area contributed by atoms with Gasteiger partial charge in [-0.15, -0.1) is 0 Å². The van der Waals surface area contributed by atoms with Crippen LogP contribution < -0.4 is 5.32 Å². The van der Waals surface area contributed by atoms with Gasteiger partial charge in [-0.25, -0.2) is 4.98 Å². The SMILES string of the molecule is Cc1cn(CC2(C)CCCS2)c(NC2CCCCC2)n1. The molecule has 112 valence electrons. The third kappa shape index (κ3) is 3.33. The molecule has 0 bridgehead atoms. The molecule has 0 spiro atoms. The summed E-state index contributed by atoms with van der Waals surface area (Å²) in [6.07, 6.45) is 11.7. The molecule has 1 unspecified atom stereocenters. The van der Waals surface area contributed by atoms with Gasteiger partial charge in [0.25, 0.3) is 0 Å². The molecule has 1 aliphatic heterocycles. The van der Waals surface area contributed by atoms with Gasteiger partial charge in [-0.1, -0.05) is 19.3 Å². The van der Waals surface area contributed by atoms with Crippen molar-refractivity contribution in [2.24, 2.45) is 0 Å². The van der Waals surface area contributed by atoms with Gasteiger partial charge in [0.1, 0.15) is 0 Å². The highest BCUT2D eigenvalue weighted by Gasteiger charge is 2.31. The second-order valence-electron chi connectivity index (χ2n) is 6.71. The van der Waals surface area contributed by atoms with Crippen molar-refractivity contribution in [2.45, 2.75) is 76.1 Å². The van der Waals surface area contributed by atoms with Gasteiger partial charge >= 0.3 is 0 Å². The van der Waals surface area contributed by atoms with Crippen molar-refractivity contribution in [3.8, 4) is 0 Å². The number of aryl methyl sites for hydroxylation is 1. The molecule has 0 amide bonds. The summed E-state index contributed by atoms with van der Waals surface area (Å²) in [7, 11) is 0. The first kappa shape index (κ1) is 14.3. The highest BCUT2D eigenvalue weighted by atomic mass is 32.2. The van der Waals surface area contributed by atoms with Crippen LogP contribution in [0.1, 0.15) is 57.6 Å². The first-order valence-electron chi connectivity index (χ1n) is 8.09. The minimum absolute atomic E-state index is 0.399. The van der Waals surface area contributed by atoms with Crippen LogP contribution in [0.3, 0.4) is 0 Å². The Balaban J connectivity index is 1.70. The molecule has 2 aliphatic rings. The average Bonchev–Trinajstić information content (AvgIpc) is 2.98. The number of hydrogen-bond acceptors (Lipinski definition) is 3. The lowest BCUT2D eigenvalue weighted by molar-refractivity contribution is 0.455. The quantitative estimate of drug-likeness (QED) is 0.901. The van der Waals surface area contributed by atoms with Crippen LogP contribution in [0.25, 0.3) is 0 Å². The van der Waals surface area contributed by atoms with E-state index in [0.717, 1.165) is 18.2 Å². The molecule has 20 heavy (non-hydrogen) atoms. The Morgan fingerprint density at radius 3 is 2.85 bits per heavy atom. The standard InChI is InChI=1S/C16H27N3S/c1-13-11-19(12-16(2)9-6-10-20-16)15(17-13)18-14-7-4-3-5-8-14/h11,14H,3-10,12H2,1-2H3,(H,17,18). The van der Waals surface area contributed by atoms with Crippen LogP contribution >= 0.6 is 11.8 Å². The lowest BCUT2D eigenvalue weighted by Gasteiger charge is -2.27. The number of anilines is 1. The molecular formula is C16H27N3S. The van der Waals surface area contributed by atoms with E-state index in [1.165, 1.54) is 50.7 Å². The predicted octanol–water partition coefficient (Wildman–Crippen LogP) is 4.22. The minimum atomic E-state index is 0.399.